The highest BCUT2D eigenvalue weighted by Crippen LogP contribution is 2.46. The maximum atomic E-state index is 12.1. The predicted octanol–water partition coefficient (Wildman–Crippen LogP) is 1.79. The molecule has 0 bridgehead atoms. The number of fused-ring (bicyclic) bond motifs is 1. The van der Waals surface area contributed by atoms with E-state index in [1.807, 2.05) is 19.1 Å². The number of aryl methyl sites for hydroxylation is 1. The number of esters is 1. The summed E-state index contributed by atoms with van der Waals surface area (Å²) in [4.78, 5) is 12.1. The van der Waals surface area contributed by atoms with Crippen molar-refractivity contribution in [2.45, 2.75) is 12.8 Å². The van der Waals surface area contributed by atoms with Gasteiger partial charge in [-0.05, 0) is 13.0 Å². The third-order valence-electron chi connectivity index (χ3n) is 3.98. The fourth-order valence-electron chi connectivity index (χ4n) is 3.03. The predicted molar refractivity (Wildman–Crippen MR) is 74.9 cm³/mol. The zero-order valence-corrected chi connectivity index (χ0v) is 11.3. The summed E-state index contributed by atoms with van der Waals surface area (Å²) >= 11 is 0. The molecule has 0 amide bonds. The van der Waals surface area contributed by atoms with E-state index in [9.17, 15) is 9.90 Å². The molecule has 0 saturated carbocycles. The highest BCUT2D eigenvalue weighted by Gasteiger charge is 2.41. The summed E-state index contributed by atoms with van der Waals surface area (Å²) in [6.07, 6.45) is 0. The lowest BCUT2D eigenvalue weighted by Gasteiger charge is -2.24. The Bertz CT molecular complexity index is 791. The van der Waals surface area contributed by atoms with Crippen molar-refractivity contribution in [3.8, 4) is 5.75 Å². The number of H-pyrrole nitrogens is 1. The Kier molecular flexibility index (Phi) is 2.35. The third kappa shape index (κ3) is 1.59. The van der Waals surface area contributed by atoms with Gasteiger partial charge in [-0.3, -0.25) is 5.10 Å². The lowest BCUT2D eigenvalue weighted by molar-refractivity contribution is -0.136. The second-order valence-corrected chi connectivity index (χ2v) is 5.20. The quantitative estimate of drug-likeness (QED) is 0.695. The number of phenolic OH excluding ortho intramolecular Hbond substituents is 1. The summed E-state index contributed by atoms with van der Waals surface area (Å²) in [6, 6.07) is 7.03. The maximum Gasteiger partial charge on any atom is 0.337 e. The number of rotatable bonds is 1. The second kappa shape index (κ2) is 4.12. The minimum absolute atomic E-state index is 0.155. The van der Waals surface area contributed by atoms with E-state index in [4.69, 9.17) is 4.74 Å². The fourth-order valence-corrected chi connectivity index (χ4v) is 3.03. The SMILES string of the molecule is Cc1[nH]nc2c1[C@H](c1ccccc1O)C1=C(COC1=O)N2. The van der Waals surface area contributed by atoms with E-state index in [-0.39, 0.29) is 24.2 Å². The number of aromatic amines is 1. The van der Waals surface area contributed by atoms with Gasteiger partial charge in [-0.1, -0.05) is 18.2 Å². The normalized spacial score (nSPS) is 19.9. The number of anilines is 1. The minimum Gasteiger partial charge on any atom is -0.508 e. The molecule has 6 nitrogen and oxygen atoms in total. The number of para-hydroxylation sites is 1. The van der Waals surface area contributed by atoms with Gasteiger partial charge in [0.25, 0.3) is 0 Å². The molecule has 1 aromatic heterocycles. The molecule has 2 aliphatic rings. The Morgan fingerprint density at radius 3 is 3.00 bits per heavy atom. The number of aromatic hydroxyl groups is 1. The van der Waals surface area contributed by atoms with Gasteiger partial charge in [-0.25, -0.2) is 4.79 Å². The second-order valence-electron chi connectivity index (χ2n) is 5.20. The van der Waals surface area contributed by atoms with Gasteiger partial charge < -0.3 is 15.2 Å². The van der Waals surface area contributed by atoms with Crippen molar-refractivity contribution in [2.24, 2.45) is 0 Å². The summed E-state index contributed by atoms with van der Waals surface area (Å²) in [5.74, 6) is 0.114. The Morgan fingerprint density at radius 1 is 1.38 bits per heavy atom. The van der Waals surface area contributed by atoms with Crippen LogP contribution in [0.2, 0.25) is 0 Å². The van der Waals surface area contributed by atoms with Crippen LogP contribution in [0.25, 0.3) is 0 Å². The van der Waals surface area contributed by atoms with E-state index < -0.39 is 0 Å². The van der Waals surface area contributed by atoms with Gasteiger partial charge in [0.2, 0.25) is 0 Å². The first kappa shape index (κ1) is 12.0. The first-order valence-electron chi connectivity index (χ1n) is 6.66. The maximum absolute atomic E-state index is 12.1. The van der Waals surface area contributed by atoms with Crippen molar-refractivity contribution < 1.29 is 14.6 Å². The van der Waals surface area contributed by atoms with Crippen LogP contribution in [0.3, 0.4) is 0 Å². The number of carbonyl (C=O) groups excluding carboxylic acids is 1. The standard InChI is InChI=1S/C15H13N3O3/c1-7-11-12(8-4-2-3-5-10(8)19)13-9(6-21-15(13)20)16-14(11)18-17-7/h2-5,12,19H,6H2,1H3,(H2,16,17,18)/t12-/m0/s1. The fraction of sp³-hybridized carbons (Fsp3) is 0.200. The van der Waals surface area contributed by atoms with Crippen LogP contribution in [0.15, 0.2) is 35.5 Å². The van der Waals surface area contributed by atoms with E-state index in [1.54, 1.807) is 12.1 Å². The summed E-state index contributed by atoms with van der Waals surface area (Å²) in [5.41, 5.74) is 3.67. The Morgan fingerprint density at radius 2 is 2.19 bits per heavy atom. The van der Waals surface area contributed by atoms with Crippen LogP contribution in [0, 0.1) is 6.92 Å². The van der Waals surface area contributed by atoms with Crippen LogP contribution in [0.4, 0.5) is 5.82 Å². The summed E-state index contributed by atoms with van der Waals surface area (Å²) in [6.45, 7) is 2.11. The van der Waals surface area contributed by atoms with Crippen LogP contribution in [0.5, 0.6) is 5.75 Å². The number of nitrogens with zero attached hydrogens (tertiary/aromatic N) is 1. The summed E-state index contributed by atoms with van der Waals surface area (Å²) in [7, 11) is 0. The molecule has 1 atom stereocenters. The smallest absolute Gasteiger partial charge is 0.337 e. The molecule has 2 aromatic rings. The number of hydrogen-bond acceptors (Lipinski definition) is 5. The molecule has 0 radical (unpaired) electrons. The number of phenols is 1. The van der Waals surface area contributed by atoms with Gasteiger partial charge >= 0.3 is 5.97 Å². The molecule has 3 heterocycles. The number of benzene rings is 1. The number of aromatic nitrogens is 2. The Balaban J connectivity index is 1.99. The van der Waals surface area contributed by atoms with Crippen molar-refractivity contribution in [1.82, 2.24) is 10.2 Å². The summed E-state index contributed by atoms with van der Waals surface area (Å²) < 4.78 is 5.14. The van der Waals surface area contributed by atoms with E-state index in [0.29, 0.717) is 22.7 Å². The molecule has 0 spiro atoms. The van der Waals surface area contributed by atoms with Crippen molar-refractivity contribution in [1.29, 1.82) is 0 Å². The van der Waals surface area contributed by atoms with E-state index in [0.717, 1.165) is 11.3 Å². The number of nitrogens with one attached hydrogen (secondary N) is 2. The average Bonchev–Trinajstić information content (AvgIpc) is 3.03. The third-order valence-corrected chi connectivity index (χ3v) is 3.98. The van der Waals surface area contributed by atoms with Crippen molar-refractivity contribution in [3.05, 3.63) is 52.4 Å². The number of carbonyl (C=O) groups is 1. The van der Waals surface area contributed by atoms with Gasteiger partial charge in [-0.2, -0.15) is 5.10 Å². The lowest BCUT2D eigenvalue weighted by Crippen LogP contribution is -2.19. The number of ether oxygens (including phenoxy) is 1. The zero-order chi connectivity index (χ0) is 14.6. The molecule has 0 fully saturated rings. The van der Waals surface area contributed by atoms with Crippen LogP contribution < -0.4 is 5.32 Å². The average molecular weight is 283 g/mol. The van der Waals surface area contributed by atoms with Crippen LogP contribution >= 0.6 is 0 Å². The molecule has 106 valence electrons. The van der Waals surface area contributed by atoms with Crippen LogP contribution in [-0.4, -0.2) is 27.9 Å². The molecule has 4 rings (SSSR count). The van der Waals surface area contributed by atoms with E-state index in [2.05, 4.69) is 15.5 Å². The van der Waals surface area contributed by atoms with Gasteiger partial charge in [0.15, 0.2) is 5.82 Å². The van der Waals surface area contributed by atoms with Gasteiger partial charge in [0.1, 0.15) is 12.4 Å². The molecule has 21 heavy (non-hydrogen) atoms. The zero-order valence-electron chi connectivity index (χ0n) is 11.3. The van der Waals surface area contributed by atoms with Gasteiger partial charge in [-0.15, -0.1) is 0 Å². The minimum atomic E-state index is -0.369. The van der Waals surface area contributed by atoms with E-state index in [1.165, 1.54) is 0 Å². The van der Waals surface area contributed by atoms with Gasteiger partial charge in [0.05, 0.1) is 17.2 Å². The molecular weight excluding hydrogens is 270 g/mol. The van der Waals surface area contributed by atoms with Crippen molar-refractivity contribution in [2.75, 3.05) is 11.9 Å². The lowest BCUT2D eigenvalue weighted by atomic mass is 9.81. The monoisotopic (exact) mass is 283 g/mol. The molecular formula is C15H13N3O3. The van der Waals surface area contributed by atoms with E-state index >= 15 is 0 Å². The van der Waals surface area contributed by atoms with Gasteiger partial charge in [0, 0.05) is 16.8 Å². The molecule has 0 unspecified atom stereocenters. The molecule has 2 aliphatic heterocycles. The Hall–Kier alpha value is -2.76. The number of hydrogen-bond donors (Lipinski definition) is 3. The highest BCUT2D eigenvalue weighted by atomic mass is 16.5. The van der Waals surface area contributed by atoms with Crippen molar-refractivity contribution >= 4 is 11.8 Å². The van der Waals surface area contributed by atoms with Crippen LogP contribution in [-0.2, 0) is 9.53 Å². The topological polar surface area (TPSA) is 87.2 Å². The molecule has 0 saturated heterocycles. The largest absolute Gasteiger partial charge is 0.508 e. The Labute approximate surface area is 120 Å². The molecule has 0 aliphatic carbocycles. The molecule has 6 heteroatoms. The summed E-state index contributed by atoms with van der Waals surface area (Å²) in [5, 5.41) is 20.5. The van der Waals surface area contributed by atoms with Crippen LogP contribution in [0.1, 0.15) is 22.7 Å². The highest BCUT2D eigenvalue weighted by molar-refractivity contribution is 5.97. The number of cyclic esters (lactones) is 1. The first-order valence-corrected chi connectivity index (χ1v) is 6.66. The molecule has 3 N–H and O–H groups in total. The molecule has 1 aromatic carbocycles. The van der Waals surface area contributed by atoms with Crippen molar-refractivity contribution in [3.63, 3.8) is 0 Å². The first-order chi connectivity index (χ1) is 10.2.